The smallest absolute Gasteiger partial charge is 0.310 e. The molecule has 0 aliphatic carbocycles. The molecule has 0 atom stereocenters. The zero-order chi connectivity index (χ0) is 19.9. The van der Waals surface area contributed by atoms with E-state index in [0.717, 1.165) is 57.8 Å². The molecule has 0 saturated heterocycles. The van der Waals surface area contributed by atoms with Gasteiger partial charge in [-0.1, -0.05) is 105 Å². The Morgan fingerprint density at radius 3 is 1.27 bits per heavy atom. The van der Waals surface area contributed by atoms with Crippen molar-refractivity contribution in [3.05, 3.63) is 0 Å². The predicted molar refractivity (Wildman–Crippen MR) is 115 cm³/mol. The van der Waals surface area contributed by atoms with Gasteiger partial charge in [0.05, 0.1) is 5.41 Å². The molecule has 0 aromatic heterocycles. The van der Waals surface area contributed by atoms with Crippen LogP contribution in [0.5, 0.6) is 0 Å². The molecule has 2 heteroatoms. The van der Waals surface area contributed by atoms with Crippen molar-refractivity contribution in [3.8, 4) is 0 Å². The number of carboxylic acid groups (broad SMARTS) is 1. The summed E-state index contributed by atoms with van der Waals surface area (Å²) in [6.45, 7) is 11.1. The number of unbranched alkanes of at least 4 members (excludes halogenated alkanes) is 6. The van der Waals surface area contributed by atoms with Gasteiger partial charge in [0.2, 0.25) is 0 Å². The molecule has 0 heterocycles. The fourth-order valence-corrected chi connectivity index (χ4v) is 4.89. The first-order valence-corrected chi connectivity index (χ1v) is 11.7. The van der Waals surface area contributed by atoms with Gasteiger partial charge in [-0.25, -0.2) is 0 Å². The Kier molecular flexibility index (Phi) is 14.2. The van der Waals surface area contributed by atoms with E-state index in [4.69, 9.17) is 0 Å². The van der Waals surface area contributed by atoms with E-state index in [-0.39, 0.29) is 5.41 Å². The highest BCUT2D eigenvalue weighted by molar-refractivity contribution is 5.76. The van der Waals surface area contributed by atoms with Gasteiger partial charge >= 0.3 is 5.97 Å². The second-order valence-corrected chi connectivity index (χ2v) is 8.54. The fourth-order valence-electron chi connectivity index (χ4n) is 4.89. The summed E-state index contributed by atoms with van der Waals surface area (Å²) < 4.78 is 0. The van der Waals surface area contributed by atoms with E-state index in [9.17, 15) is 9.90 Å². The molecule has 0 saturated carbocycles. The zero-order valence-electron chi connectivity index (χ0n) is 18.7. The van der Waals surface area contributed by atoms with Gasteiger partial charge in [0.1, 0.15) is 0 Å². The Balaban J connectivity index is 6.03. The van der Waals surface area contributed by atoms with Crippen molar-refractivity contribution in [3.63, 3.8) is 0 Å². The Bertz CT molecular complexity index is 332. The Labute approximate surface area is 164 Å². The van der Waals surface area contributed by atoms with Crippen LogP contribution in [0.1, 0.15) is 137 Å². The highest BCUT2D eigenvalue weighted by atomic mass is 16.4. The highest BCUT2D eigenvalue weighted by Crippen LogP contribution is 2.56. The first-order chi connectivity index (χ1) is 12.5. The minimum atomic E-state index is -0.517. The maximum Gasteiger partial charge on any atom is 0.310 e. The molecule has 156 valence electrons. The van der Waals surface area contributed by atoms with Crippen molar-refractivity contribution in [2.75, 3.05) is 0 Å². The summed E-state index contributed by atoms with van der Waals surface area (Å²) in [5.41, 5.74) is -0.526. The molecule has 0 bridgehead atoms. The minimum Gasteiger partial charge on any atom is -0.481 e. The summed E-state index contributed by atoms with van der Waals surface area (Å²) >= 11 is 0. The molecule has 0 spiro atoms. The van der Waals surface area contributed by atoms with Gasteiger partial charge in [-0.05, 0) is 37.5 Å². The van der Waals surface area contributed by atoms with Crippen LogP contribution in [0.15, 0.2) is 0 Å². The van der Waals surface area contributed by atoms with Crippen molar-refractivity contribution in [2.24, 2.45) is 10.8 Å². The van der Waals surface area contributed by atoms with Crippen LogP contribution in [0.4, 0.5) is 0 Å². The van der Waals surface area contributed by atoms with E-state index in [1.807, 2.05) is 0 Å². The standard InChI is InChI=1S/C24H48O2/c1-6-11-16-19-23(17-12-7-2,18-13-8-3)24(22(25)26,20-14-9-4)21-15-10-5/h6-21H2,1-5H3,(H,25,26). The lowest BCUT2D eigenvalue weighted by Crippen LogP contribution is -2.48. The third kappa shape index (κ3) is 7.24. The molecular formula is C24H48O2. The van der Waals surface area contributed by atoms with Crippen molar-refractivity contribution >= 4 is 5.97 Å². The van der Waals surface area contributed by atoms with Crippen LogP contribution >= 0.6 is 0 Å². The van der Waals surface area contributed by atoms with Crippen LogP contribution in [0.2, 0.25) is 0 Å². The molecule has 0 unspecified atom stereocenters. The van der Waals surface area contributed by atoms with E-state index in [2.05, 4.69) is 34.6 Å². The van der Waals surface area contributed by atoms with Crippen molar-refractivity contribution in [2.45, 2.75) is 137 Å². The van der Waals surface area contributed by atoms with Crippen LogP contribution in [0, 0.1) is 10.8 Å². The first-order valence-electron chi connectivity index (χ1n) is 11.7. The largest absolute Gasteiger partial charge is 0.481 e. The van der Waals surface area contributed by atoms with Crippen molar-refractivity contribution < 1.29 is 9.90 Å². The monoisotopic (exact) mass is 368 g/mol. The van der Waals surface area contributed by atoms with Gasteiger partial charge in [0, 0.05) is 0 Å². The number of rotatable bonds is 18. The second kappa shape index (κ2) is 14.5. The maximum atomic E-state index is 12.8. The van der Waals surface area contributed by atoms with Gasteiger partial charge < -0.3 is 5.11 Å². The van der Waals surface area contributed by atoms with Gasteiger partial charge in [-0.3, -0.25) is 4.79 Å². The van der Waals surface area contributed by atoms with Gasteiger partial charge in [0.25, 0.3) is 0 Å². The van der Waals surface area contributed by atoms with E-state index in [1.165, 1.54) is 44.9 Å². The highest BCUT2D eigenvalue weighted by Gasteiger charge is 2.53. The van der Waals surface area contributed by atoms with Crippen molar-refractivity contribution in [1.82, 2.24) is 0 Å². The number of hydrogen-bond acceptors (Lipinski definition) is 1. The predicted octanol–water partition coefficient (Wildman–Crippen LogP) is 8.38. The summed E-state index contributed by atoms with van der Waals surface area (Å²) in [7, 11) is 0. The average Bonchev–Trinajstić information content (AvgIpc) is 2.64. The number of carboxylic acids is 1. The second-order valence-electron chi connectivity index (χ2n) is 8.54. The molecular weight excluding hydrogens is 320 g/mol. The Morgan fingerprint density at radius 2 is 0.923 bits per heavy atom. The summed E-state index contributed by atoms with van der Waals surface area (Å²) in [6, 6.07) is 0. The van der Waals surface area contributed by atoms with Crippen LogP contribution < -0.4 is 0 Å². The van der Waals surface area contributed by atoms with Gasteiger partial charge in [-0.2, -0.15) is 0 Å². The molecule has 0 aliphatic rings. The van der Waals surface area contributed by atoms with Crippen LogP contribution in [-0.2, 0) is 4.79 Å². The fraction of sp³-hybridized carbons (Fsp3) is 0.958. The third-order valence-corrected chi connectivity index (χ3v) is 6.62. The molecule has 0 radical (unpaired) electrons. The van der Waals surface area contributed by atoms with E-state index in [0.29, 0.717) is 0 Å². The van der Waals surface area contributed by atoms with E-state index < -0.39 is 11.4 Å². The van der Waals surface area contributed by atoms with E-state index >= 15 is 0 Å². The van der Waals surface area contributed by atoms with Crippen LogP contribution in [0.25, 0.3) is 0 Å². The third-order valence-electron chi connectivity index (χ3n) is 6.62. The van der Waals surface area contributed by atoms with Gasteiger partial charge in [0.15, 0.2) is 0 Å². The van der Waals surface area contributed by atoms with Gasteiger partial charge in [-0.15, -0.1) is 0 Å². The lowest BCUT2D eigenvalue weighted by molar-refractivity contribution is -0.164. The van der Waals surface area contributed by atoms with Crippen LogP contribution in [0.3, 0.4) is 0 Å². The molecule has 1 N–H and O–H groups in total. The maximum absolute atomic E-state index is 12.8. The Morgan fingerprint density at radius 1 is 0.577 bits per heavy atom. The zero-order valence-corrected chi connectivity index (χ0v) is 18.7. The minimum absolute atomic E-state index is 0.00956. The molecule has 2 nitrogen and oxygen atoms in total. The van der Waals surface area contributed by atoms with E-state index in [1.54, 1.807) is 0 Å². The SMILES string of the molecule is CCCCCC(CCCC)(CCCC)C(CCCC)(CCCC)C(=O)O. The summed E-state index contributed by atoms with van der Waals surface area (Å²) in [6.07, 6.45) is 17.6. The molecule has 0 aliphatic heterocycles. The normalized spacial score (nSPS) is 12.5. The molecule has 0 aromatic carbocycles. The summed E-state index contributed by atoms with van der Waals surface area (Å²) in [5.74, 6) is -0.497. The molecule has 0 amide bonds. The number of hydrogen-bond donors (Lipinski definition) is 1. The summed E-state index contributed by atoms with van der Waals surface area (Å²) in [4.78, 5) is 12.8. The van der Waals surface area contributed by atoms with Crippen LogP contribution in [-0.4, -0.2) is 11.1 Å². The Hall–Kier alpha value is -0.530. The van der Waals surface area contributed by atoms with Crippen molar-refractivity contribution in [1.29, 1.82) is 0 Å². The molecule has 0 fully saturated rings. The number of aliphatic carboxylic acids is 1. The lowest BCUT2D eigenvalue weighted by Gasteiger charge is -2.50. The first kappa shape index (κ1) is 25.5. The average molecular weight is 369 g/mol. The molecule has 0 aromatic rings. The number of carbonyl (C=O) groups is 1. The molecule has 0 rings (SSSR count). The topological polar surface area (TPSA) is 37.3 Å². The quantitative estimate of drug-likeness (QED) is 0.247. The molecule has 26 heavy (non-hydrogen) atoms. The summed E-state index contributed by atoms with van der Waals surface area (Å²) in [5, 5.41) is 10.6. The lowest BCUT2D eigenvalue weighted by atomic mass is 9.53.